The number of hydrogen-bond donors (Lipinski definition) is 1. The molecule has 1 N–H and O–H groups in total. The number of halogens is 3. The topological polar surface area (TPSA) is 68.1 Å². The summed E-state index contributed by atoms with van der Waals surface area (Å²) in [6.07, 6.45) is -1.72. The molecule has 1 aromatic heterocycles. The third-order valence-electron chi connectivity index (χ3n) is 2.46. The van der Waals surface area contributed by atoms with Gasteiger partial charge < -0.3 is 5.32 Å². The molecule has 0 saturated carbocycles. The monoisotopic (exact) mass is 283 g/mol. The predicted octanol–water partition coefficient (Wildman–Crippen LogP) is 3.75. The fourth-order valence-corrected chi connectivity index (χ4v) is 1.56. The first-order valence-electron chi connectivity index (χ1n) is 5.40. The summed E-state index contributed by atoms with van der Waals surface area (Å²) < 4.78 is 37.6. The molecule has 0 aliphatic rings. The van der Waals surface area contributed by atoms with Gasteiger partial charge in [0, 0.05) is 12.3 Å². The third-order valence-corrected chi connectivity index (χ3v) is 2.46. The number of nitro benzene ring substituents is 1. The molecule has 8 heteroatoms. The summed E-state index contributed by atoms with van der Waals surface area (Å²) in [5, 5.41) is 13.5. The van der Waals surface area contributed by atoms with Crippen LogP contribution in [0.15, 0.2) is 42.7 Å². The van der Waals surface area contributed by atoms with Gasteiger partial charge in [-0.1, -0.05) is 0 Å². The average Bonchev–Trinajstić information content (AvgIpc) is 2.38. The first-order valence-corrected chi connectivity index (χ1v) is 5.40. The van der Waals surface area contributed by atoms with E-state index in [9.17, 15) is 23.3 Å². The highest BCUT2D eigenvalue weighted by atomic mass is 19.4. The van der Waals surface area contributed by atoms with Gasteiger partial charge in [-0.05, 0) is 24.3 Å². The second kappa shape index (κ2) is 5.16. The van der Waals surface area contributed by atoms with Crippen LogP contribution in [0.4, 0.5) is 30.2 Å². The summed E-state index contributed by atoms with van der Waals surface area (Å²) in [4.78, 5) is 13.8. The normalized spacial score (nSPS) is 11.2. The van der Waals surface area contributed by atoms with Gasteiger partial charge in [0.1, 0.15) is 5.69 Å². The van der Waals surface area contributed by atoms with Crippen molar-refractivity contribution in [3.8, 4) is 0 Å². The van der Waals surface area contributed by atoms with Crippen LogP contribution >= 0.6 is 0 Å². The van der Waals surface area contributed by atoms with Crippen molar-refractivity contribution in [3.05, 3.63) is 58.4 Å². The maximum Gasteiger partial charge on any atom is 0.416 e. The van der Waals surface area contributed by atoms with E-state index in [-0.39, 0.29) is 5.69 Å². The molecular formula is C12H8F3N3O2. The average molecular weight is 283 g/mol. The smallest absolute Gasteiger partial charge is 0.349 e. The van der Waals surface area contributed by atoms with Crippen molar-refractivity contribution in [2.45, 2.75) is 6.18 Å². The van der Waals surface area contributed by atoms with Crippen LogP contribution in [-0.2, 0) is 6.18 Å². The van der Waals surface area contributed by atoms with Gasteiger partial charge in [0.15, 0.2) is 0 Å². The Labute approximate surface area is 111 Å². The van der Waals surface area contributed by atoms with Crippen molar-refractivity contribution >= 4 is 17.1 Å². The zero-order valence-corrected chi connectivity index (χ0v) is 9.89. The molecule has 0 atom stereocenters. The third kappa shape index (κ3) is 3.02. The zero-order chi connectivity index (χ0) is 14.8. The minimum absolute atomic E-state index is 0.0315. The molecule has 2 aromatic rings. The van der Waals surface area contributed by atoms with Gasteiger partial charge in [-0.3, -0.25) is 15.1 Å². The fourth-order valence-electron chi connectivity index (χ4n) is 1.56. The lowest BCUT2D eigenvalue weighted by Crippen LogP contribution is -2.06. The van der Waals surface area contributed by atoms with Crippen molar-refractivity contribution in [2.75, 3.05) is 5.32 Å². The fraction of sp³-hybridized carbons (Fsp3) is 0.0833. The van der Waals surface area contributed by atoms with Crippen LogP contribution in [0, 0.1) is 10.1 Å². The number of hydrogen-bond acceptors (Lipinski definition) is 4. The van der Waals surface area contributed by atoms with Gasteiger partial charge >= 0.3 is 6.18 Å². The second-order valence-electron chi connectivity index (χ2n) is 3.85. The molecule has 20 heavy (non-hydrogen) atoms. The first-order chi connectivity index (χ1) is 9.38. The van der Waals surface area contributed by atoms with Crippen LogP contribution in [0.1, 0.15) is 5.56 Å². The van der Waals surface area contributed by atoms with Crippen LogP contribution in [0.2, 0.25) is 0 Å². The largest absolute Gasteiger partial charge is 0.416 e. The Bertz CT molecular complexity index is 630. The van der Waals surface area contributed by atoms with E-state index in [4.69, 9.17) is 0 Å². The predicted molar refractivity (Wildman–Crippen MR) is 65.6 cm³/mol. The van der Waals surface area contributed by atoms with Crippen molar-refractivity contribution in [3.63, 3.8) is 0 Å². The lowest BCUT2D eigenvalue weighted by atomic mass is 10.1. The quantitative estimate of drug-likeness (QED) is 0.688. The first kappa shape index (κ1) is 13.8. The van der Waals surface area contributed by atoms with Crippen molar-refractivity contribution in [1.82, 2.24) is 4.98 Å². The molecule has 2 rings (SSSR count). The maximum absolute atomic E-state index is 12.5. The number of pyridine rings is 1. The Morgan fingerprint density at radius 3 is 2.55 bits per heavy atom. The molecule has 0 amide bonds. The molecule has 0 radical (unpaired) electrons. The van der Waals surface area contributed by atoms with Gasteiger partial charge in [0.05, 0.1) is 22.4 Å². The van der Waals surface area contributed by atoms with E-state index in [1.807, 2.05) is 0 Å². The van der Waals surface area contributed by atoms with E-state index >= 15 is 0 Å². The van der Waals surface area contributed by atoms with Gasteiger partial charge in [-0.25, -0.2) is 0 Å². The van der Waals surface area contributed by atoms with Crippen LogP contribution in [0.3, 0.4) is 0 Å². The Morgan fingerprint density at radius 1 is 1.25 bits per heavy atom. The SMILES string of the molecule is O=[N+]([O-])c1cc(C(F)(F)F)ccc1Nc1cccnc1. The second-order valence-corrected chi connectivity index (χ2v) is 3.85. The van der Waals surface area contributed by atoms with Gasteiger partial charge in [0.25, 0.3) is 5.69 Å². The van der Waals surface area contributed by atoms with Crippen LogP contribution in [-0.4, -0.2) is 9.91 Å². The van der Waals surface area contributed by atoms with Gasteiger partial charge in [0.2, 0.25) is 0 Å². The summed E-state index contributed by atoms with van der Waals surface area (Å²) >= 11 is 0. The Morgan fingerprint density at radius 2 is 2.00 bits per heavy atom. The van der Waals surface area contributed by atoms with Crippen molar-refractivity contribution in [2.24, 2.45) is 0 Å². The minimum atomic E-state index is -4.63. The zero-order valence-electron chi connectivity index (χ0n) is 9.89. The molecular weight excluding hydrogens is 275 g/mol. The molecule has 0 aliphatic carbocycles. The summed E-state index contributed by atoms with van der Waals surface area (Å²) in [6.45, 7) is 0. The summed E-state index contributed by atoms with van der Waals surface area (Å²) in [7, 11) is 0. The molecule has 104 valence electrons. The van der Waals surface area contributed by atoms with Gasteiger partial charge in [-0.2, -0.15) is 13.2 Å². The highest BCUT2D eigenvalue weighted by molar-refractivity contribution is 5.69. The van der Waals surface area contributed by atoms with E-state index in [1.54, 1.807) is 12.1 Å². The molecule has 1 heterocycles. The molecule has 0 unspecified atom stereocenters. The Kier molecular flexibility index (Phi) is 3.55. The summed E-state index contributed by atoms with van der Waals surface area (Å²) in [5.74, 6) is 0. The molecule has 0 fully saturated rings. The number of alkyl halides is 3. The molecule has 5 nitrogen and oxygen atoms in total. The standard InChI is InChI=1S/C12H8F3N3O2/c13-12(14,15)8-3-4-10(11(6-8)18(19)20)17-9-2-1-5-16-7-9/h1-7,17H. The van der Waals surface area contributed by atoms with E-state index in [2.05, 4.69) is 10.3 Å². The van der Waals surface area contributed by atoms with Crippen molar-refractivity contribution in [1.29, 1.82) is 0 Å². The number of nitrogens with zero attached hydrogens (tertiary/aromatic N) is 2. The summed E-state index contributed by atoms with van der Waals surface area (Å²) in [6, 6.07) is 5.49. The molecule has 0 spiro atoms. The number of nitro groups is 1. The number of anilines is 2. The molecule has 0 bridgehead atoms. The lowest BCUT2D eigenvalue weighted by Gasteiger charge is -2.10. The Balaban J connectivity index is 2.41. The van der Waals surface area contributed by atoms with Gasteiger partial charge in [-0.15, -0.1) is 0 Å². The minimum Gasteiger partial charge on any atom is -0.349 e. The summed E-state index contributed by atoms with van der Waals surface area (Å²) in [5.41, 5.74) is -1.31. The highest BCUT2D eigenvalue weighted by Crippen LogP contribution is 2.35. The van der Waals surface area contributed by atoms with Crippen LogP contribution < -0.4 is 5.32 Å². The molecule has 0 saturated heterocycles. The van der Waals surface area contributed by atoms with Crippen molar-refractivity contribution < 1.29 is 18.1 Å². The van der Waals surface area contributed by atoms with E-state index in [1.165, 1.54) is 12.4 Å². The highest BCUT2D eigenvalue weighted by Gasteiger charge is 2.33. The van der Waals surface area contributed by atoms with Crippen LogP contribution in [0.25, 0.3) is 0 Å². The number of rotatable bonds is 3. The van der Waals surface area contributed by atoms with E-state index in [0.717, 1.165) is 12.1 Å². The lowest BCUT2D eigenvalue weighted by molar-refractivity contribution is -0.384. The molecule has 0 aliphatic heterocycles. The van der Waals surface area contributed by atoms with E-state index in [0.29, 0.717) is 11.8 Å². The number of nitrogens with one attached hydrogen (secondary N) is 1. The number of aromatic nitrogens is 1. The van der Waals surface area contributed by atoms with Crippen LogP contribution in [0.5, 0.6) is 0 Å². The van der Waals surface area contributed by atoms with E-state index < -0.39 is 22.4 Å². The number of benzene rings is 1. The molecule has 1 aromatic carbocycles. The maximum atomic E-state index is 12.5. The Hall–Kier alpha value is -2.64.